The van der Waals surface area contributed by atoms with E-state index in [0.29, 0.717) is 12.5 Å². The molecule has 0 aliphatic carbocycles. The Morgan fingerprint density at radius 2 is 2.07 bits per heavy atom. The zero-order chi connectivity index (χ0) is 20.6. The zero-order valence-electron chi connectivity index (χ0n) is 17.4. The van der Waals surface area contributed by atoms with Crippen molar-refractivity contribution in [2.45, 2.75) is 44.8 Å². The van der Waals surface area contributed by atoms with E-state index in [9.17, 15) is 9.18 Å². The number of fused-ring (bicyclic) bond motifs is 1. The van der Waals surface area contributed by atoms with Crippen LogP contribution in [0.15, 0.2) is 36.5 Å². The van der Waals surface area contributed by atoms with Crippen LogP contribution in [0.2, 0.25) is 0 Å². The number of pyridine rings is 1. The first-order chi connectivity index (χ1) is 13.9. The third kappa shape index (κ3) is 4.05. The van der Waals surface area contributed by atoms with Gasteiger partial charge in [-0.05, 0) is 42.7 Å². The van der Waals surface area contributed by atoms with E-state index < -0.39 is 0 Å². The van der Waals surface area contributed by atoms with Crippen LogP contribution in [0.25, 0.3) is 0 Å². The Morgan fingerprint density at radius 3 is 2.76 bits per heavy atom. The molecule has 0 amide bonds. The maximum Gasteiger partial charge on any atom is 0.157 e. The van der Waals surface area contributed by atoms with E-state index in [1.165, 1.54) is 12.1 Å². The lowest BCUT2D eigenvalue weighted by molar-refractivity contribution is -0.112. The lowest BCUT2D eigenvalue weighted by atomic mass is 9.91. The summed E-state index contributed by atoms with van der Waals surface area (Å²) in [5.41, 5.74) is 4.06. The number of rotatable bonds is 5. The molecule has 4 rings (SSSR count). The second-order valence-corrected chi connectivity index (χ2v) is 8.93. The molecule has 5 nitrogen and oxygen atoms in total. The summed E-state index contributed by atoms with van der Waals surface area (Å²) in [5, 5.41) is 3.44. The summed E-state index contributed by atoms with van der Waals surface area (Å²) in [5.74, 6) is -0.229. The van der Waals surface area contributed by atoms with E-state index in [2.05, 4.69) is 42.0 Å². The number of nitrogens with zero attached hydrogens (tertiary/aromatic N) is 3. The molecule has 3 heterocycles. The molecule has 2 unspecified atom stereocenters. The SMILES string of the molecule is CC1CN(C(C=O)N2CC(C)(C)c3ncc(Cc4ccc(F)cc4)cc32)CCN1. The number of piperazine rings is 1. The summed E-state index contributed by atoms with van der Waals surface area (Å²) in [6, 6.07) is 9.10. The molecule has 0 radical (unpaired) electrons. The molecular weight excluding hydrogens is 367 g/mol. The Hall–Kier alpha value is -2.31. The van der Waals surface area contributed by atoms with Crippen LogP contribution in [-0.2, 0) is 16.6 Å². The molecule has 6 heteroatoms. The molecule has 2 atom stereocenters. The summed E-state index contributed by atoms with van der Waals surface area (Å²) in [7, 11) is 0. The number of hydrogen-bond acceptors (Lipinski definition) is 5. The van der Waals surface area contributed by atoms with E-state index >= 15 is 0 Å². The number of nitrogens with one attached hydrogen (secondary N) is 1. The number of halogens is 1. The van der Waals surface area contributed by atoms with Crippen molar-refractivity contribution in [2.24, 2.45) is 0 Å². The van der Waals surface area contributed by atoms with Gasteiger partial charge in [-0.25, -0.2) is 4.39 Å². The van der Waals surface area contributed by atoms with Gasteiger partial charge < -0.3 is 10.2 Å². The van der Waals surface area contributed by atoms with E-state index in [-0.39, 0.29) is 17.4 Å². The number of anilines is 1. The molecule has 0 saturated carbocycles. The Labute approximate surface area is 171 Å². The summed E-state index contributed by atoms with van der Waals surface area (Å²) in [6.45, 7) is 9.86. The summed E-state index contributed by atoms with van der Waals surface area (Å²) in [6.07, 6.45) is 3.38. The van der Waals surface area contributed by atoms with Crippen molar-refractivity contribution in [3.63, 3.8) is 0 Å². The van der Waals surface area contributed by atoms with Crippen LogP contribution in [0.5, 0.6) is 0 Å². The van der Waals surface area contributed by atoms with E-state index in [1.807, 2.05) is 6.20 Å². The lowest BCUT2D eigenvalue weighted by Crippen LogP contribution is -2.58. The highest BCUT2D eigenvalue weighted by Crippen LogP contribution is 2.41. The molecule has 0 spiro atoms. The van der Waals surface area contributed by atoms with Crippen molar-refractivity contribution in [2.75, 3.05) is 31.1 Å². The van der Waals surface area contributed by atoms with E-state index in [1.54, 1.807) is 12.1 Å². The van der Waals surface area contributed by atoms with Gasteiger partial charge in [0.2, 0.25) is 0 Å². The number of carbonyl (C=O) groups excluding carboxylic acids is 1. The predicted molar refractivity (Wildman–Crippen MR) is 113 cm³/mol. The van der Waals surface area contributed by atoms with E-state index in [0.717, 1.165) is 55.0 Å². The third-order valence-electron chi connectivity index (χ3n) is 5.98. The average molecular weight is 397 g/mol. The van der Waals surface area contributed by atoms with Gasteiger partial charge in [0, 0.05) is 43.8 Å². The van der Waals surface area contributed by atoms with Crippen molar-refractivity contribution in [1.82, 2.24) is 15.2 Å². The minimum Gasteiger partial charge on any atom is -0.347 e. The van der Waals surface area contributed by atoms with Crippen LogP contribution in [0.4, 0.5) is 10.1 Å². The second-order valence-electron chi connectivity index (χ2n) is 8.93. The molecule has 1 saturated heterocycles. The van der Waals surface area contributed by atoms with Crippen LogP contribution in [0.1, 0.15) is 37.6 Å². The van der Waals surface area contributed by atoms with Crippen molar-refractivity contribution in [3.8, 4) is 0 Å². The summed E-state index contributed by atoms with van der Waals surface area (Å²) < 4.78 is 13.2. The van der Waals surface area contributed by atoms with Crippen LogP contribution in [0, 0.1) is 5.82 Å². The molecule has 2 aliphatic heterocycles. The van der Waals surface area contributed by atoms with E-state index in [4.69, 9.17) is 4.98 Å². The van der Waals surface area contributed by atoms with Gasteiger partial charge in [-0.3, -0.25) is 14.7 Å². The molecule has 1 aromatic heterocycles. The maximum absolute atomic E-state index is 13.2. The quantitative estimate of drug-likeness (QED) is 0.788. The standard InChI is InChI=1S/C23H29FN4O/c1-16-13-27(9-8-25-16)21(14-29)28-15-23(2,3)22-20(28)11-18(12-26-22)10-17-4-6-19(24)7-5-17/h4-7,11-12,14,16,21,25H,8-10,13,15H2,1-3H3. The number of aldehydes is 1. The molecule has 154 valence electrons. The fraction of sp³-hybridized carbons (Fsp3) is 0.478. The van der Waals surface area contributed by atoms with Gasteiger partial charge in [-0.15, -0.1) is 0 Å². The monoisotopic (exact) mass is 396 g/mol. The van der Waals surface area contributed by atoms with Gasteiger partial charge in [-0.2, -0.15) is 0 Å². The van der Waals surface area contributed by atoms with Gasteiger partial charge in [-0.1, -0.05) is 26.0 Å². The van der Waals surface area contributed by atoms with Gasteiger partial charge in [0.1, 0.15) is 12.0 Å². The highest BCUT2D eigenvalue weighted by molar-refractivity contribution is 5.71. The van der Waals surface area contributed by atoms with Crippen LogP contribution < -0.4 is 10.2 Å². The van der Waals surface area contributed by atoms with Crippen LogP contribution in [-0.4, -0.2) is 54.6 Å². The Bertz CT molecular complexity index is 883. The highest BCUT2D eigenvalue weighted by atomic mass is 19.1. The van der Waals surface area contributed by atoms with Crippen LogP contribution in [0.3, 0.4) is 0 Å². The first-order valence-electron chi connectivity index (χ1n) is 10.3. The van der Waals surface area contributed by atoms with Gasteiger partial charge in [0.25, 0.3) is 0 Å². The number of carbonyl (C=O) groups is 1. The minimum atomic E-state index is -0.289. The smallest absolute Gasteiger partial charge is 0.157 e. The minimum absolute atomic E-state index is 0.120. The lowest BCUT2D eigenvalue weighted by Gasteiger charge is -2.40. The predicted octanol–water partition coefficient (Wildman–Crippen LogP) is 2.73. The number of aromatic nitrogens is 1. The Balaban J connectivity index is 1.64. The van der Waals surface area contributed by atoms with Crippen LogP contribution >= 0.6 is 0 Å². The first kappa shape index (κ1) is 20.0. The van der Waals surface area contributed by atoms with Crippen molar-refractivity contribution in [3.05, 3.63) is 59.2 Å². The van der Waals surface area contributed by atoms with Crippen molar-refractivity contribution in [1.29, 1.82) is 0 Å². The molecule has 0 bridgehead atoms. The fourth-order valence-corrected chi connectivity index (χ4v) is 4.55. The third-order valence-corrected chi connectivity index (χ3v) is 5.98. The molecular formula is C23H29FN4O. The largest absolute Gasteiger partial charge is 0.347 e. The molecule has 1 N–H and O–H groups in total. The molecule has 1 fully saturated rings. The summed E-state index contributed by atoms with van der Waals surface area (Å²) >= 11 is 0. The van der Waals surface area contributed by atoms with Crippen molar-refractivity contribution >= 4 is 12.0 Å². The van der Waals surface area contributed by atoms with Gasteiger partial charge in [0.15, 0.2) is 6.29 Å². The molecule has 2 aliphatic rings. The first-order valence-corrected chi connectivity index (χ1v) is 10.3. The average Bonchev–Trinajstić information content (AvgIpc) is 2.95. The molecule has 2 aromatic rings. The summed E-state index contributed by atoms with van der Waals surface area (Å²) in [4.78, 5) is 21.4. The Morgan fingerprint density at radius 1 is 1.31 bits per heavy atom. The zero-order valence-corrected chi connectivity index (χ0v) is 17.4. The normalized spacial score (nSPS) is 22.3. The van der Waals surface area contributed by atoms with Gasteiger partial charge in [0.05, 0.1) is 11.4 Å². The molecule has 29 heavy (non-hydrogen) atoms. The molecule has 1 aromatic carbocycles. The second kappa shape index (κ2) is 7.84. The maximum atomic E-state index is 13.2. The number of hydrogen-bond donors (Lipinski definition) is 1. The fourth-order valence-electron chi connectivity index (χ4n) is 4.55. The number of benzene rings is 1. The Kier molecular flexibility index (Phi) is 5.40. The van der Waals surface area contributed by atoms with Crippen molar-refractivity contribution < 1.29 is 9.18 Å². The highest BCUT2D eigenvalue weighted by Gasteiger charge is 2.41. The van der Waals surface area contributed by atoms with Gasteiger partial charge >= 0.3 is 0 Å². The topological polar surface area (TPSA) is 48.5 Å².